The highest BCUT2D eigenvalue weighted by Gasteiger charge is 2.22. The van der Waals surface area contributed by atoms with E-state index in [4.69, 9.17) is 0 Å². The Morgan fingerprint density at radius 2 is 2.10 bits per heavy atom. The van der Waals surface area contributed by atoms with Gasteiger partial charge in [-0.15, -0.1) is 0 Å². The van der Waals surface area contributed by atoms with Gasteiger partial charge >= 0.3 is 0 Å². The molecule has 0 bridgehead atoms. The van der Waals surface area contributed by atoms with Gasteiger partial charge in [-0.2, -0.15) is 11.3 Å². The van der Waals surface area contributed by atoms with E-state index >= 15 is 0 Å². The maximum Gasteiger partial charge on any atom is 0.270 e. The largest absolute Gasteiger partial charge is 0.384 e. The van der Waals surface area contributed by atoms with E-state index in [9.17, 15) is 18.5 Å². The van der Waals surface area contributed by atoms with Gasteiger partial charge in [-0.1, -0.05) is 0 Å². The van der Waals surface area contributed by atoms with Crippen molar-refractivity contribution >= 4 is 38.4 Å². The zero-order valence-corrected chi connectivity index (χ0v) is 12.7. The molecule has 2 N–H and O–H groups in total. The maximum absolute atomic E-state index is 12.4. The lowest BCUT2D eigenvalue weighted by Crippen LogP contribution is -2.15. The van der Waals surface area contributed by atoms with Crippen molar-refractivity contribution in [1.82, 2.24) is 0 Å². The Hall–Kier alpha value is -2.13. The van der Waals surface area contributed by atoms with Crippen LogP contribution in [0.3, 0.4) is 0 Å². The third-order valence-corrected chi connectivity index (χ3v) is 4.71. The summed E-state index contributed by atoms with van der Waals surface area (Å²) in [7, 11) is -3.90. The maximum atomic E-state index is 12.4. The van der Waals surface area contributed by atoms with E-state index in [-0.39, 0.29) is 10.6 Å². The van der Waals surface area contributed by atoms with E-state index in [2.05, 4.69) is 10.0 Å². The van der Waals surface area contributed by atoms with E-state index in [1.54, 1.807) is 16.8 Å². The van der Waals surface area contributed by atoms with Gasteiger partial charge in [0, 0.05) is 24.1 Å². The second-order valence-corrected chi connectivity index (χ2v) is 6.52. The molecule has 2 aromatic rings. The Morgan fingerprint density at radius 3 is 2.67 bits per heavy atom. The minimum atomic E-state index is -3.90. The van der Waals surface area contributed by atoms with Crippen LogP contribution >= 0.6 is 11.3 Å². The molecule has 0 saturated carbocycles. The van der Waals surface area contributed by atoms with Gasteiger partial charge in [-0.3, -0.25) is 14.8 Å². The summed E-state index contributed by atoms with van der Waals surface area (Å²) in [5.41, 5.74) is 0.474. The smallest absolute Gasteiger partial charge is 0.270 e. The van der Waals surface area contributed by atoms with Crippen molar-refractivity contribution in [3.63, 3.8) is 0 Å². The highest BCUT2D eigenvalue weighted by Crippen LogP contribution is 2.28. The van der Waals surface area contributed by atoms with Crippen LogP contribution in [0.4, 0.5) is 17.1 Å². The summed E-state index contributed by atoms with van der Waals surface area (Å²) in [5.74, 6) is 0. The first-order valence-electron chi connectivity index (χ1n) is 6.01. The second-order valence-electron chi connectivity index (χ2n) is 4.09. The number of anilines is 2. The van der Waals surface area contributed by atoms with Crippen molar-refractivity contribution in [1.29, 1.82) is 0 Å². The number of hydrogen-bond acceptors (Lipinski definition) is 6. The lowest BCUT2D eigenvalue weighted by molar-refractivity contribution is -0.385. The number of nitro benzene ring substituents is 1. The topological polar surface area (TPSA) is 101 Å². The lowest BCUT2D eigenvalue weighted by atomic mass is 10.3. The van der Waals surface area contributed by atoms with Crippen LogP contribution in [-0.4, -0.2) is 19.9 Å². The molecule has 1 aromatic heterocycles. The fourth-order valence-electron chi connectivity index (χ4n) is 1.72. The summed E-state index contributed by atoms with van der Waals surface area (Å²) >= 11 is 1.35. The van der Waals surface area contributed by atoms with Gasteiger partial charge < -0.3 is 5.32 Å². The SMILES string of the molecule is CCNc1ccc([N+](=O)[O-])cc1S(=O)(=O)Nc1ccsc1. The van der Waals surface area contributed by atoms with Crippen LogP contribution in [0.15, 0.2) is 39.9 Å². The van der Waals surface area contributed by atoms with Crippen LogP contribution in [0.1, 0.15) is 6.92 Å². The molecule has 0 saturated heterocycles. The van der Waals surface area contributed by atoms with Gasteiger partial charge in [0.1, 0.15) is 4.90 Å². The Labute approximate surface area is 125 Å². The average Bonchev–Trinajstić information content (AvgIpc) is 2.91. The average molecular weight is 327 g/mol. The molecule has 0 spiro atoms. The Kier molecular flexibility index (Phi) is 4.43. The van der Waals surface area contributed by atoms with E-state index in [1.165, 1.54) is 23.5 Å². The van der Waals surface area contributed by atoms with Crippen LogP contribution in [0.2, 0.25) is 0 Å². The molecule has 0 radical (unpaired) electrons. The summed E-state index contributed by atoms with van der Waals surface area (Å²) in [4.78, 5) is 10.1. The Morgan fingerprint density at radius 1 is 1.33 bits per heavy atom. The van der Waals surface area contributed by atoms with Crippen molar-refractivity contribution < 1.29 is 13.3 Å². The van der Waals surface area contributed by atoms with Gasteiger partial charge in [-0.05, 0) is 24.4 Å². The van der Waals surface area contributed by atoms with E-state index < -0.39 is 14.9 Å². The number of non-ortho nitro benzene ring substituents is 1. The number of nitrogens with one attached hydrogen (secondary N) is 2. The predicted molar refractivity (Wildman–Crippen MR) is 82.4 cm³/mol. The standard InChI is InChI=1S/C12H13N3O4S2/c1-2-13-11-4-3-10(15(16)17)7-12(11)21(18,19)14-9-5-6-20-8-9/h3-8,13-14H,2H2,1H3. The number of rotatable bonds is 6. The molecule has 9 heteroatoms. The van der Waals surface area contributed by atoms with Crippen molar-refractivity contribution in [3.8, 4) is 0 Å². The van der Waals surface area contributed by atoms with Gasteiger partial charge in [0.15, 0.2) is 0 Å². The zero-order valence-electron chi connectivity index (χ0n) is 11.1. The number of nitrogens with zero attached hydrogens (tertiary/aromatic N) is 1. The fourth-order valence-corrected chi connectivity index (χ4v) is 3.63. The molecular weight excluding hydrogens is 314 g/mol. The molecule has 0 aliphatic rings. The van der Waals surface area contributed by atoms with Crippen LogP contribution in [-0.2, 0) is 10.0 Å². The van der Waals surface area contributed by atoms with E-state index in [0.717, 1.165) is 6.07 Å². The molecule has 0 aliphatic carbocycles. The van der Waals surface area contributed by atoms with Gasteiger partial charge in [-0.25, -0.2) is 8.42 Å². The normalized spacial score (nSPS) is 11.1. The summed E-state index contributed by atoms with van der Waals surface area (Å²) in [6, 6.07) is 5.32. The van der Waals surface area contributed by atoms with Crippen LogP contribution in [0.5, 0.6) is 0 Å². The fraction of sp³-hybridized carbons (Fsp3) is 0.167. The first kappa shape index (κ1) is 15.3. The van der Waals surface area contributed by atoms with Gasteiger partial charge in [0.05, 0.1) is 16.3 Å². The quantitative estimate of drug-likeness (QED) is 0.627. The van der Waals surface area contributed by atoms with E-state index in [1.807, 2.05) is 6.92 Å². The number of thiophene rings is 1. The van der Waals surface area contributed by atoms with Crippen LogP contribution < -0.4 is 10.0 Å². The number of sulfonamides is 1. The molecular formula is C12H13N3O4S2. The molecule has 1 aromatic carbocycles. The third-order valence-electron chi connectivity index (χ3n) is 2.61. The van der Waals surface area contributed by atoms with Crippen molar-refractivity contribution in [3.05, 3.63) is 45.1 Å². The zero-order chi connectivity index (χ0) is 15.5. The van der Waals surface area contributed by atoms with Crippen LogP contribution in [0, 0.1) is 10.1 Å². The summed E-state index contributed by atoms with van der Waals surface area (Å²) in [6.45, 7) is 2.31. The van der Waals surface area contributed by atoms with Crippen molar-refractivity contribution in [2.24, 2.45) is 0 Å². The van der Waals surface area contributed by atoms with Gasteiger partial charge in [0.2, 0.25) is 0 Å². The second kappa shape index (κ2) is 6.10. The minimum absolute atomic E-state index is 0.148. The lowest BCUT2D eigenvalue weighted by Gasteiger charge is -2.12. The van der Waals surface area contributed by atoms with Gasteiger partial charge in [0.25, 0.3) is 15.7 Å². The van der Waals surface area contributed by atoms with Crippen molar-refractivity contribution in [2.45, 2.75) is 11.8 Å². The van der Waals surface area contributed by atoms with E-state index in [0.29, 0.717) is 17.9 Å². The highest BCUT2D eigenvalue weighted by molar-refractivity contribution is 7.93. The third kappa shape index (κ3) is 3.50. The Bertz CT molecular complexity index is 742. The monoisotopic (exact) mass is 327 g/mol. The molecule has 7 nitrogen and oxygen atoms in total. The van der Waals surface area contributed by atoms with Crippen molar-refractivity contribution in [2.75, 3.05) is 16.6 Å². The summed E-state index contributed by atoms with van der Waals surface area (Å²) in [5, 5.41) is 17.1. The Balaban J connectivity index is 2.48. The molecule has 0 amide bonds. The molecule has 0 unspecified atom stereocenters. The molecule has 112 valence electrons. The predicted octanol–water partition coefficient (Wildman–Crippen LogP) is 2.89. The number of hydrogen-bond donors (Lipinski definition) is 2. The first-order chi connectivity index (χ1) is 9.94. The summed E-state index contributed by atoms with van der Waals surface area (Å²) in [6.07, 6.45) is 0. The molecule has 0 fully saturated rings. The molecule has 0 atom stereocenters. The first-order valence-corrected chi connectivity index (χ1v) is 8.44. The highest BCUT2D eigenvalue weighted by atomic mass is 32.2. The molecule has 0 aliphatic heterocycles. The molecule has 1 heterocycles. The minimum Gasteiger partial charge on any atom is -0.384 e. The number of nitro groups is 1. The molecule has 2 rings (SSSR count). The number of benzene rings is 1. The summed E-state index contributed by atoms with van der Waals surface area (Å²) < 4.78 is 27.2. The van der Waals surface area contributed by atoms with Crippen LogP contribution in [0.25, 0.3) is 0 Å². The molecule has 21 heavy (non-hydrogen) atoms.